The Morgan fingerprint density at radius 2 is 1.67 bits per heavy atom. The van der Waals surface area contributed by atoms with E-state index in [1.807, 2.05) is 24.5 Å². The van der Waals surface area contributed by atoms with Crippen LogP contribution in [0.25, 0.3) is 0 Å². The van der Waals surface area contributed by atoms with E-state index >= 15 is 0 Å². The maximum atomic E-state index is 13.3. The number of nitrogens with zero attached hydrogens (tertiary/aromatic N) is 1. The third-order valence-corrected chi connectivity index (χ3v) is 5.38. The second kappa shape index (κ2) is 8.05. The molecular weight excluding hydrogens is 371 g/mol. The molecule has 0 saturated heterocycles. The average Bonchev–Trinajstić information content (AvgIpc) is 2.92. The molecule has 0 aliphatic heterocycles. The van der Waals surface area contributed by atoms with Crippen molar-refractivity contribution in [3.8, 4) is 0 Å². The van der Waals surface area contributed by atoms with Gasteiger partial charge in [0, 0.05) is 28.4 Å². The van der Waals surface area contributed by atoms with Crippen LogP contribution in [0.1, 0.15) is 27.3 Å². The van der Waals surface area contributed by atoms with E-state index < -0.39 is 11.6 Å². The number of benzene rings is 2. The minimum atomic E-state index is -0.926. The van der Waals surface area contributed by atoms with Crippen LogP contribution in [0.5, 0.6) is 0 Å². The predicted molar refractivity (Wildman–Crippen MR) is 101 cm³/mol. The Kier molecular flexibility index (Phi) is 5.75. The van der Waals surface area contributed by atoms with Gasteiger partial charge in [0.05, 0.1) is 5.75 Å². The molecule has 0 atom stereocenters. The highest BCUT2D eigenvalue weighted by Gasteiger charge is 2.16. The van der Waals surface area contributed by atoms with Crippen molar-refractivity contribution in [3.63, 3.8) is 0 Å². The van der Waals surface area contributed by atoms with Crippen molar-refractivity contribution >= 4 is 17.5 Å². The van der Waals surface area contributed by atoms with Gasteiger partial charge in [-0.15, -0.1) is 11.8 Å². The smallest absolute Gasteiger partial charge is 0.174 e. The first kappa shape index (κ1) is 19.3. The van der Waals surface area contributed by atoms with Crippen molar-refractivity contribution in [3.05, 3.63) is 88.5 Å². The molecular formula is C21H18F3NOS. The fourth-order valence-electron chi connectivity index (χ4n) is 2.89. The number of Topliss-reactive ketones (excluding diaryl/α,β-unsaturated/α-hetero) is 1. The lowest BCUT2D eigenvalue weighted by Gasteiger charge is -2.10. The van der Waals surface area contributed by atoms with Crippen LogP contribution in [-0.2, 0) is 6.54 Å². The molecule has 0 fully saturated rings. The van der Waals surface area contributed by atoms with Gasteiger partial charge in [-0.1, -0.05) is 12.1 Å². The van der Waals surface area contributed by atoms with Gasteiger partial charge in [-0.3, -0.25) is 4.79 Å². The molecule has 0 aliphatic carbocycles. The Morgan fingerprint density at radius 1 is 0.963 bits per heavy atom. The normalized spacial score (nSPS) is 11.0. The monoisotopic (exact) mass is 389 g/mol. The summed E-state index contributed by atoms with van der Waals surface area (Å²) in [7, 11) is 0. The number of aryl methyl sites for hydroxylation is 1. The van der Waals surface area contributed by atoms with Gasteiger partial charge in [-0.25, -0.2) is 13.2 Å². The van der Waals surface area contributed by atoms with Crippen LogP contribution >= 0.6 is 11.8 Å². The summed E-state index contributed by atoms with van der Waals surface area (Å²) in [6.45, 7) is 4.32. The zero-order valence-corrected chi connectivity index (χ0v) is 15.7. The summed E-state index contributed by atoms with van der Waals surface area (Å²) < 4.78 is 41.3. The first-order valence-corrected chi connectivity index (χ1v) is 9.36. The summed E-state index contributed by atoms with van der Waals surface area (Å²) in [5.41, 5.74) is 3.30. The van der Waals surface area contributed by atoms with Crippen LogP contribution in [0.2, 0.25) is 0 Å². The zero-order chi connectivity index (χ0) is 19.6. The first-order valence-electron chi connectivity index (χ1n) is 8.37. The minimum absolute atomic E-state index is 0.0804. The molecule has 3 rings (SSSR count). The summed E-state index contributed by atoms with van der Waals surface area (Å²) in [5.74, 6) is -2.07. The van der Waals surface area contributed by atoms with Gasteiger partial charge in [-0.2, -0.15) is 0 Å². The third kappa shape index (κ3) is 4.45. The molecule has 6 heteroatoms. The maximum absolute atomic E-state index is 13.3. The van der Waals surface area contributed by atoms with E-state index in [2.05, 4.69) is 0 Å². The lowest BCUT2D eigenvalue weighted by molar-refractivity contribution is 0.102. The number of aromatic nitrogens is 1. The number of carbonyl (C=O) groups excluding carboxylic acids is 1. The van der Waals surface area contributed by atoms with Crippen LogP contribution in [-0.4, -0.2) is 16.1 Å². The number of thioether (sulfide) groups is 1. The summed E-state index contributed by atoms with van der Waals surface area (Å²) in [5, 5.41) is 0. The standard InChI is InChI=1S/C21H18F3NOS/c1-13-9-18(14(2)25(13)11-15-3-5-16(22)6-4-15)21(26)12-27-17-7-8-19(23)20(24)10-17/h3-10H,11-12H2,1-2H3. The second-order valence-electron chi connectivity index (χ2n) is 6.29. The van der Waals surface area contributed by atoms with Crippen LogP contribution in [0.3, 0.4) is 0 Å². The fourth-order valence-corrected chi connectivity index (χ4v) is 3.70. The Bertz CT molecular complexity index is 980. The highest BCUT2D eigenvalue weighted by molar-refractivity contribution is 8.00. The van der Waals surface area contributed by atoms with Gasteiger partial charge in [0.2, 0.25) is 0 Å². The summed E-state index contributed by atoms with van der Waals surface area (Å²) >= 11 is 1.17. The summed E-state index contributed by atoms with van der Waals surface area (Å²) in [6, 6.07) is 11.7. The van der Waals surface area contributed by atoms with Crippen molar-refractivity contribution in [1.82, 2.24) is 4.57 Å². The minimum Gasteiger partial charge on any atom is -0.344 e. The molecule has 27 heavy (non-hydrogen) atoms. The van der Waals surface area contributed by atoms with Crippen molar-refractivity contribution in [1.29, 1.82) is 0 Å². The van der Waals surface area contributed by atoms with E-state index in [0.717, 1.165) is 29.1 Å². The molecule has 1 aromatic heterocycles. The number of rotatable bonds is 6. The van der Waals surface area contributed by atoms with Crippen LogP contribution in [0.4, 0.5) is 13.2 Å². The van der Waals surface area contributed by atoms with Crippen molar-refractivity contribution in [2.45, 2.75) is 25.3 Å². The van der Waals surface area contributed by atoms with Crippen molar-refractivity contribution < 1.29 is 18.0 Å². The molecule has 1 heterocycles. The summed E-state index contributed by atoms with van der Waals surface area (Å²) in [6.07, 6.45) is 0. The van der Waals surface area contributed by atoms with Crippen LogP contribution in [0, 0.1) is 31.3 Å². The Balaban J connectivity index is 1.73. The molecule has 0 N–H and O–H groups in total. The lowest BCUT2D eigenvalue weighted by atomic mass is 10.2. The van der Waals surface area contributed by atoms with E-state index in [0.29, 0.717) is 17.0 Å². The molecule has 0 aliphatic rings. The highest BCUT2D eigenvalue weighted by atomic mass is 32.2. The molecule has 0 unspecified atom stereocenters. The van der Waals surface area contributed by atoms with E-state index in [-0.39, 0.29) is 17.4 Å². The third-order valence-electron chi connectivity index (χ3n) is 4.39. The van der Waals surface area contributed by atoms with Gasteiger partial charge in [-0.05, 0) is 55.8 Å². The van der Waals surface area contributed by atoms with Gasteiger partial charge in [0.15, 0.2) is 17.4 Å². The Labute approximate surface area is 160 Å². The van der Waals surface area contributed by atoms with E-state index in [1.165, 1.54) is 30.0 Å². The van der Waals surface area contributed by atoms with Gasteiger partial charge < -0.3 is 4.57 Å². The largest absolute Gasteiger partial charge is 0.344 e. The van der Waals surface area contributed by atoms with Gasteiger partial charge >= 0.3 is 0 Å². The highest BCUT2D eigenvalue weighted by Crippen LogP contribution is 2.24. The average molecular weight is 389 g/mol. The molecule has 0 amide bonds. The van der Waals surface area contributed by atoms with E-state index in [9.17, 15) is 18.0 Å². The molecule has 2 aromatic carbocycles. The Hall–Kier alpha value is -2.47. The number of halogens is 3. The Morgan fingerprint density at radius 3 is 2.33 bits per heavy atom. The molecule has 0 spiro atoms. The van der Waals surface area contributed by atoms with E-state index in [1.54, 1.807) is 12.1 Å². The molecule has 0 saturated carbocycles. The quantitative estimate of drug-likeness (QED) is 0.408. The number of hydrogen-bond acceptors (Lipinski definition) is 2. The first-order chi connectivity index (χ1) is 12.8. The molecule has 0 bridgehead atoms. The zero-order valence-electron chi connectivity index (χ0n) is 14.9. The molecule has 140 valence electrons. The fraction of sp³-hybridized carbons (Fsp3) is 0.190. The molecule has 0 radical (unpaired) electrons. The van der Waals surface area contributed by atoms with Crippen LogP contribution < -0.4 is 0 Å². The van der Waals surface area contributed by atoms with Gasteiger partial charge in [0.1, 0.15) is 5.82 Å². The molecule has 2 nitrogen and oxygen atoms in total. The number of hydrogen-bond donors (Lipinski definition) is 0. The second-order valence-corrected chi connectivity index (χ2v) is 7.33. The number of ketones is 1. The maximum Gasteiger partial charge on any atom is 0.174 e. The van der Waals surface area contributed by atoms with Crippen LogP contribution in [0.15, 0.2) is 53.4 Å². The SMILES string of the molecule is Cc1cc(C(=O)CSc2ccc(F)c(F)c2)c(C)n1Cc1ccc(F)cc1. The summed E-state index contributed by atoms with van der Waals surface area (Å²) in [4.78, 5) is 13.1. The predicted octanol–water partition coefficient (Wildman–Crippen LogP) is 5.55. The van der Waals surface area contributed by atoms with E-state index in [4.69, 9.17) is 0 Å². The van der Waals surface area contributed by atoms with Crippen molar-refractivity contribution in [2.75, 3.05) is 5.75 Å². The van der Waals surface area contributed by atoms with Gasteiger partial charge in [0.25, 0.3) is 0 Å². The topological polar surface area (TPSA) is 22.0 Å². The molecule has 3 aromatic rings. The number of carbonyl (C=O) groups is 1. The van der Waals surface area contributed by atoms with Crippen molar-refractivity contribution in [2.24, 2.45) is 0 Å². The lowest BCUT2D eigenvalue weighted by Crippen LogP contribution is -2.07.